The lowest BCUT2D eigenvalue weighted by Crippen LogP contribution is -2.26. The topological polar surface area (TPSA) is 29.1 Å². The SMILES string of the molecule is CCCCCCCCC(=O)NC(C)c1ccc(Br)cc1. The van der Waals surface area contributed by atoms with Gasteiger partial charge in [0.2, 0.25) is 5.91 Å². The van der Waals surface area contributed by atoms with Gasteiger partial charge in [0.1, 0.15) is 0 Å². The first kappa shape index (κ1) is 17.2. The summed E-state index contributed by atoms with van der Waals surface area (Å²) in [6.45, 7) is 4.25. The molecule has 1 N–H and O–H groups in total. The number of carbonyl (C=O) groups excluding carboxylic acids is 1. The minimum atomic E-state index is 0.0793. The van der Waals surface area contributed by atoms with Gasteiger partial charge < -0.3 is 5.32 Å². The van der Waals surface area contributed by atoms with Crippen LogP contribution < -0.4 is 5.32 Å². The predicted octanol–water partition coefficient (Wildman–Crippen LogP) is 5.38. The van der Waals surface area contributed by atoms with E-state index in [1.54, 1.807) is 0 Å². The Balaban J connectivity index is 2.19. The van der Waals surface area contributed by atoms with Crippen LogP contribution in [0.2, 0.25) is 0 Å². The van der Waals surface area contributed by atoms with Crippen molar-refractivity contribution >= 4 is 21.8 Å². The molecule has 1 amide bonds. The van der Waals surface area contributed by atoms with Crippen molar-refractivity contribution in [2.24, 2.45) is 0 Å². The lowest BCUT2D eigenvalue weighted by atomic mass is 10.1. The van der Waals surface area contributed by atoms with Gasteiger partial charge in [-0.15, -0.1) is 0 Å². The fourth-order valence-corrected chi connectivity index (χ4v) is 2.48. The monoisotopic (exact) mass is 339 g/mol. The van der Waals surface area contributed by atoms with E-state index in [1.807, 2.05) is 31.2 Å². The molecular formula is C17H26BrNO. The number of rotatable bonds is 9. The zero-order valence-electron chi connectivity index (χ0n) is 12.6. The lowest BCUT2D eigenvalue weighted by molar-refractivity contribution is -0.121. The van der Waals surface area contributed by atoms with Gasteiger partial charge in [0.25, 0.3) is 0 Å². The first-order valence-corrected chi connectivity index (χ1v) is 8.47. The summed E-state index contributed by atoms with van der Waals surface area (Å²) in [5.41, 5.74) is 1.14. The van der Waals surface area contributed by atoms with E-state index in [0.29, 0.717) is 6.42 Å². The molecule has 0 aliphatic rings. The van der Waals surface area contributed by atoms with Crippen molar-refractivity contribution in [2.45, 2.75) is 64.8 Å². The molecule has 1 atom stereocenters. The number of unbranched alkanes of at least 4 members (excludes halogenated alkanes) is 5. The van der Waals surface area contributed by atoms with Gasteiger partial charge in [0.05, 0.1) is 6.04 Å². The number of hydrogen-bond donors (Lipinski definition) is 1. The summed E-state index contributed by atoms with van der Waals surface area (Å²) in [4.78, 5) is 11.9. The van der Waals surface area contributed by atoms with Crippen LogP contribution in [-0.4, -0.2) is 5.91 Å². The van der Waals surface area contributed by atoms with Gasteiger partial charge in [0.15, 0.2) is 0 Å². The maximum absolute atomic E-state index is 11.9. The highest BCUT2D eigenvalue weighted by atomic mass is 79.9. The molecule has 20 heavy (non-hydrogen) atoms. The highest BCUT2D eigenvalue weighted by molar-refractivity contribution is 9.10. The first-order chi connectivity index (χ1) is 9.63. The summed E-state index contributed by atoms with van der Waals surface area (Å²) in [7, 11) is 0. The minimum Gasteiger partial charge on any atom is -0.350 e. The molecule has 1 rings (SSSR count). The fourth-order valence-electron chi connectivity index (χ4n) is 2.21. The normalized spacial score (nSPS) is 12.2. The van der Waals surface area contributed by atoms with Crippen molar-refractivity contribution in [2.75, 3.05) is 0 Å². The number of nitrogens with one attached hydrogen (secondary N) is 1. The second-order valence-electron chi connectivity index (χ2n) is 5.36. The number of carbonyl (C=O) groups is 1. The molecule has 3 heteroatoms. The van der Waals surface area contributed by atoms with E-state index in [0.717, 1.165) is 16.5 Å². The van der Waals surface area contributed by atoms with E-state index < -0.39 is 0 Å². The molecule has 0 saturated heterocycles. The van der Waals surface area contributed by atoms with Crippen LogP contribution in [0.3, 0.4) is 0 Å². The van der Waals surface area contributed by atoms with Crippen LogP contribution in [0.15, 0.2) is 28.7 Å². The van der Waals surface area contributed by atoms with Crippen molar-refractivity contribution in [1.29, 1.82) is 0 Å². The molecule has 0 fully saturated rings. The Morgan fingerprint density at radius 1 is 1.10 bits per heavy atom. The Hall–Kier alpha value is -0.830. The summed E-state index contributed by atoms with van der Waals surface area (Å²) < 4.78 is 1.06. The van der Waals surface area contributed by atoms with E-state index in [-0.39, 0.29) is 11.9 Å². The third-order valence-electron chi connectivity index (χ3n) is 3.50. The van der Waals surface area contributed by atoms with Crippen LogP contribution in [0.25, 0.3) is 0 Å². The summed E-state index contributed by atoms with van der Waals surface area (Å²) in [5.74, 6) is 0.163. The fraction of sp³-hybridized carbons (Fsp3) is 0.588. The van der Waals surface area contributed by atoms with Crippen molar-refractivity contribution < 1.29 is 4.79 Å². The summed E-state index contributed by atoms with van der Waals surface area (Å²) in [6, 6.07) is 8.17. The Kier molecular flexibility index (Phi) is 8.59. The maximum Gasteiger partial charge on any atom is 0.220 e. The van der Waals surface area contributed by atoms with Gasteiger partial charge in [-0.05, 0) is 31.0 Å². The van der Waals surface area contributed by atoms with Gasteiger partial charge >= 0.3 is 0 Å². The second kappa shape index (κ2) is 9.98. The minimum absolute atomic E-state index is 0.0793. The van der Waals surface area contributed by atoms with Crippen LogP contribution in [0, 0.1) is 0 Å². The predicted molar refractivity (Wildman–Crippen MR) is 88.7 cm³/mol. The molecule has 2 nitrogen and oxygen atoms in total. The van der Waals surface area contributed by atoms with E-state index in [9.17, 15) is 4.79 Å². The Labute approximate surface area is 131 Å². The molecule has 0 aromatic heterocycles. The van der Waals surface area contributed by atoms with E-state index in [1.165, 1.54) is 32.1 Å². The van der Waals surface area contributed by atoms with Gasteiger partial charge in [0, 0.05) is 10.9 Å². The van der Waals surface area contributed by atoms with Crippen molar-refractivity contribution in [3.63, 3.8) is 0 Å². The zero-order valence-corrected chi connectivity index (χ0v) is 14.2. The van der Waals surface area contributed by atoms with Gasteiger partial charge in [-0.2, -0.15) is 0 Å². The molecule has 0 radical (unpaired) electrons. The molecule has 0 aliphatic carbocycles. The van der Waals surface area contributed by atoms with Gasteiger partial charge in [-0.3, -0.25) is 4.79 Å². The summed E-state index contributed by atoms with van der Waals surface area (Å²) >= 11 is 3.42. The first-order valence-electron chi connectivity index (χ1n) is 7.68. The molecule has 0 aliphatic heterocycles. The molecule has 0 bridgehead atoms. The Morgan fingerprint density at radius 3 is 2.35 bits per heavy atom. The number of amides is 1. The van der Waals surface area contributed by atoms with E-state index in [2.05, 4.69) is 28.2 Å². The molecule has 0 heterocycles. The van der Waals surface area contributed by atoms with E-state index >= 15 is 0 Å². The van der Waals surface area contributed by atoms with Crippen molar-refractivity contribution in [1.82, 2.24) is 5.32 Å². The van der Waals surface area contributed by atoms with Gasteiger partial charge in [-0.1, -0.05) is 67.1 Å². The molecule has 1 aromatic rings. The average Bonchev–Trinajstić information content (AvgIpc) is 2.43. The summed E-state index contributed by atoms with van der Waals surface area (Å²) in [6.07, 6.45) is 7.95. The highest BCUT2D eigenvalue weighted by Crippen LogP contribution is 2.16. The Morgan fingerprint density at radius 2 is 1.70 bits per heavy atom. The quantitative estimate of drug-likeness (QED) is 0.601. The third-order valence-corrected chi connectivity index (χ3v) is 4.03. The molecule has 0 spiro atoms. The third kappa shape index (κ3) is 7.09. The van der Waals surface area contributed by atoms with Crippen molar-refractivity contribution in [3.8, 4) is 0 Å². The lowest BCUT2D eigenvalue weighted by Gasteiger charge is -2.14. The molecule has 0 saturated carbocycles. The van der Waals surface area contributed by atoms with E-state index in [4.69, 9.17) is 0 Å². The number of hydrogen-bond acceptors (Lipinski definition) is 1. The van der Waals surface area contributed by atoms with Crippen LogP contribution in [0.4, 0.5) is 0 Å². The van der Waals surface area contributed by atoms with Crippen LogP contribution in [-0.2, 0) is 4.79 Å². The molecular weight excluding hydrogens is 314 g/mol. The maximum atomic E-state index is 11.9. The second-order valence-corrected chi connectivity index (χ2v) is 6.27. The highest BCUT2D eigenvalue weighted by Gasteiger charge is 2.08. The van der Waals surface area contributed by atoms with Crippen LogP contribution in [0.5, 0.6) is 0 Å². The smallest absolute Gasteiger partial charge is 0.220 e. The Bertz CT molecular complexity index is 388. The standard InChI is InChI=1S/C17H26BrNO/c1-3-4-5-6-7-8-9-17(20)19-14(2)15-10-12-16(18)13-11-15/h10-14H,3-9H2,1-2H3,(H,19,20). The van der Waals surface area contributed by atoms with Crippen LogP contribution >= 0.6 is 15.9 Å². The molecule has 112 valence electrons. The molecule has 1 unspecified atom stereocenters. The van der Waals surface area contributed by atoms with Crippen molar-refractivity contribution in [3.05, 3.63) is 34.3 Å². The largest absolute Gasteiger partial charge is 0.350 e. The average molecular weight is 340 g/mol. The molecule has 1 aromatic carbocycles. The van der Waals surface area contributed by atoms with Gasteiger partial charge in [-0.25, -0.2) is 0 Å². The number of benzene rings is 1. The number of halogens is 1. The zero-order chi connectivity index (χ0) is 14.8. The van der Waals surface area contributed by atoms with Crippen LogP contribution in [0.1, 0.15) is 70.4 Å². The summed E-state index contributed by atoms with van der Waals surface area (Å²) in [5, 5.41) is 3.06.